The molecule has 86 valence electrons. The molecule has 0 saturated heterocycles. The fraction of sp³-hybridized carbons (Fsp3) is 0.111. The molecule has 0 heterocycles. The fourth-order valence-corrected chi connectivity index (χ4v) is 0.958. The van der Waals surface area contributed by atoms with Gasteiger partial charge in [-0.25, -0.2) is 5.48 Å². The first-order chi connectivity index (χ1) is 7.49. The predicted molar refractivity (Wildman–Crippen MR) is 52.4 cm³/mol. The number of nitrogens with one attached hydrogen (secondary N) is 1. The highest BCUT2D eigenvalue weighted by molar-refractivity contribution is 5.94. The van der Waals surface area contributed by atoms with E-state index in [1.807, 2.05) is 5.48 Å². The van der Waals surface area contributed by atoms with Gasteiger partial charge in [0.15, 0.2) is 6.61 Å². The molecular formula is C9H10N2O5. The van der Waals surface area contributed by atoms with E-state index in [1.54, 1.807) is 0 Å². The van der Waals surface area contributed by atoms with Crippen molar-refractivity contribution in [2.75, 3.05) is 6.61 Å². The monoisotopic (exact) mass is 226 g/mol. The Balaban J connectivity index is 2.62. The molecule has 0 aliphatic carbocycles. The maximum absolute atomic E-state index is 11.3. The van der Waals surface area contributed by atoms with Crippen molar-refractivity contribution in [1.29, 1.82) is 0 Å². The van der Waals surface area contributed by atoms with Crippen LogP contribution in [-0.2, 0) is 9.63 Å². The number of rotatable bonds is 4. The molecule has 0 aliphatic rings. The van der Waals surface area contributed by atoms with Crippen LogP contribution in [-0.4, -0.2) is 28.6 Å². The Labute approximate surface area is 90.4 Å². The molecule has 0 saturated carbocycles. The van der Waals surface area contributed by atoms with E-state index >= 15 is 0 Å². The molecule has 0 aromatic heterocycles. The number of hydroxylamine groups is 1. The third-order valence-electron chi connectivity index (χ3n) is 1.54. The van der Waals surface area contributed by atoms with E-state index in [-0.39, 0.29) is 17.1 Å². The smallest absolute Gasteiger partial charge is 0.275 e. The Kier molecular flexibility index (Phi) is 3.67. The number of phenols is 2. The van der Waals surface area contributed by atoms with Crippen LogP contribution in [0.1, 0.15) is 10.4 Å². The molecule has 0 radical (unpaired) electrons. The van der Waals surface area contributed by atoms with Gasteiger partial charge in [0.25, 0.3) is 5.91 Å². The number of carbonyl (C=O) groups excluding carboxylic acids is 2. The normalized spacial score (nSPS) is 9.75. The van der Waals surface area contributed by atoms with Crippen LogP contribution in [0.2, 0.25) is 0 Å². The molecule has 0 bridgehead atoms. The van der Waals surface area contributed by atoms with Gasteiger partial charge in [0, 0.05) is 11.6 Å². The molecule has 7 heteroatoms. The standard InChI is InChI=1S/C9H10N2O5/c10-8(14)4-16-11-9(15)5-1-6(12)3-7(13)2-5/h1-3,12-13H,4H2,(H2,10,14)(H,11,15). The molecule has 16 heavy (non-hydrogen) atoms. The number of hydrogen-bond acceptors (Lipinski definition) is 5. The second-order valence-corrected chi connectivity index (χ2v) is 2.92. The molecule has 0 aliphatic heterocycles. The molecule has 0 spiro atoms. The minimum absolute atomic E-state index is 0.0121. The van der Waals surface area contributed by atoms with Gasteiger partial charge in [-0.05, 0) is 12.1 Å². The minimum atomic E-state index is -0.737. The lowest BCUT2D eigenvalue weighted by atomic mass is 10.2. The van der Waals surface area contributed by atoms with E-state index in [4.69, 9.17) is 15.9 Å². The number of carbonyl (C=O) groups is 2. The maximum atomic E-state index is 11.3. The lowest BCUT2D eigenvalue weighted by molar-refractivity contribution is -0.124. The molecule has 1 rings (SSSR count). The number of aromatic hydroxyl groups is 2. The van der Waals surface area contributed by atoms with E-state index in [0.29, 0.717) is 0 Å². The summed E-state index contributed by atoms with van der Waals surface area (Å²) in [4.78, 5) is 26.1. The summed E-state index contributed by atoms with van der Waals surface area (Å²) in [6.45, 7) is -0.462. The van der Waals surface area contributed by atoms with E-state index in [2.05, 4.69) is 4.84 Å². The van der Waals surface area contributed by atoms with Gasteiger partial charge >= 0.3 is 0 Å². The molecule has 7 nitrogen and oxygen atoms in total. The van der Waals surface area contributed by atoms with Crippen molar-refractivity contribution in [3.05, 3.63) is 23.8 Å². The molecule has 0 fully saturated rings. The molecule has 0 unspecified atom stereocenters. The van der Waals surface area contributed by atoms with Gasteiger partial charge in [-0.2, -0.15) is 0 Å². The van der Waals surface area contributed by atoms with E-state index in [9.17, 15) is 9.59 Å². The van der Waals surface area contributed by atoms with Crippen LogP contribution in [0.3, 0.4) is 0 Å². The average molecular weight is 226 g/mol. The maximum Gasteiger partial charge on any atom is 0.275 e. The van der Waals surface area contributed by atoms with Crippen molar-refractivity contribution in [1.82, 2.24) is 5.48 Å². The van der Waals surface area contributed by atoms with Crippen molar-refractivity contribution in [3.8, 4) is 11.5 Å². The van der Waals surface area contributed by atoms with Gasteiger partial charge < -0.3 is 15.9 Å². The summed E-state index contributed by atoms with van der Waals surface area (Å²) in [5.74, 6) is -1.98. The second-order valence-electron chi connectivity index (χ2n) is 2.92. The Morgan fingerprint density at radius 3 is 2.31 bits per heavy atom. The number of primary amides is 1. The lowest BCUT2D eigenvalue weighted by Crippen LogP contribution is -2.29. The summed E-state index contributed by atoms with van der Waals surface area (Å²) in [5.41, 5.74) is 6.68. The quantitative estimate of drug-likeness (QED) is 0.503. The largest absolute Gasteiger partial charge is 0.508 e. The topological polar surface area (TPSA) is 122 Å². The van der Waals surface area contributed by atoms with Crippen molar-refractivity contribution in [2.45, 2.75) is 0 Å². The van der Waals surface area contributed by atoms with Crippen molar-refractivity contribution in [3.63, 3.8) is 0 Å². The molecule has 2 amide bonds. The van der Waals surface area contributed by atoms with E-state index in [1.165, 1.54) is 0 Å². The highest BCUT2D eigenvalue weighted by atomic mass is 16.7. The van der Waals surface area contributed by atoms with Crippen molar-refractivity contribution < 1.29 is 24.6 Å². The van der Waals surface area contributed by atoms with Gasteiger partial charge in [0.2, 0.25) is 5.91 Å². The van der Waals surface area contributed by atoms with Crippen molar-refractivity contribution in [2.24, 2.45) is 5.73 Å². The molecule has 5 N–H and O–H groups in total. The first-order valence-electron chi connectivity index (χ1n) is 4.22. The van der Waals surface area contributed by atoms with Crippen LogP contribution < -0.4 is 11.2 Å². The summed E-state index contributed by atoms with van der Waals surface area (Å²) in [6.07, 6.45) is 0. The van der Waals surface area contributed by atoms with E-state index in [0.717, 1.165) is 18.2 Å². The number of nitrogens with two attached hydrogens (primary N) is 1. The van der Waals surface area contributed by atoms with Crippen LogP contribution >= 0.6 is 0 Å². The molecule has 1 aromatic carbocycles. The third kappa shape index (κ3) is 3.46. The van der Waals surface area contributed by atoms with Gasteiger partial charge in [-0.1, -0.05) is 0 Å². The zero-order chi connectivity index (χ0) is 12.1. The third-order valence-corrected chi connectivity index (χ3v) is 1.54. The highest BCUT2D eigenvalue weighted by Crippen LogP contribution is 2.20. The minimum Gasteiger partial charge on any atom is -0.508 e. The number of phenolic OH excluding ortho intramolecular Hbond substituents is 2. The zero-order valence-corrected chi connectivity index (χ0v) is 8.14. The highest BCUT2D eigenvalue weighted by Gasteiger charge is 2.08. The summed E-state index contributed by atoms with van der Waals surface area (Å²) in [6, 6.07) is 3.33. The first kappa shape index (κ1) is 11.8. The van der Waals surface area contributed by atoms with Gasteiger partial charge in [0.05, 0.1) is 0 Å². The van der Waals surface area contributed by atoms with E-state index < -0.39 is 18.4 Å². The fourth-order valence-electron chi connectivity index (χ4n) is 0.958. The number of hydrogen-bond donors (Lipinski definition) is 4. The van der Waals surface area contributed by atoms with Gasteiger partial charge in [0.1, 0.15) is 11.5 Å². The Morgan fingerprint density at radius 2 is 1.81 bits per heavy atom. The summed E-state index contributed by atoms with van der Waals surface area (Å²) in [7, 11) is 0. The van der Waals surface area contributed by atoms with Gasteiger partial charge in [-0.15, -0.1) is 0 Å². The zero-order valence-electron chi connectivity index (χ0n) is 8.14. The number of amides is 2. The van der Waals surface area contributed by atoms with Crippen LogP contribution in [0.15, 0.2) is 18.2 Å². The molecule has 1 aromatic rings. The van der Waals surface area contributed by atoms with Crippen LogP contribution in [0, 0.1) is 0 Å². The Morgan fingerprint density at radius 1 is 1.25 bits per heavy atom. The van der Waals surface area contributed by atoms with Crippen molar-refractivity contribution >= 4 is 11.8 Å². The Bertz CT molecular complexity index is 398. The lowest BCUT2D eigenvalue weighted by Gasteiger charge is -2.05. The Hall–Kier alpha value is -2.28. The first-order valence-corrected chi connectivity index (χ1v) is 4.22. The van der Waals surface area contributed by atoms with Gasteiger partial charge in [-0.3, -0.25) is 14.4 Å². The molecule has 0 atom stereocenters. The summed E-state index contributed by atoms with van der Waals surface area (Å²) in [5, 5.41) is 18.2. The summed E-state index contributed by atoms with van der Waals surface area (Å²) >= 11 is 0. The van der Waals surface area contributed by atoms with Crippen LogP contribution in [0.25, 0.3) is 0 Å². The average Bonchev–Trinajstić information content (AvgIpc) is 2.15. The SMILES string of the molecule is NC(=O)CONC(=O)c1cc(O)cc(O)c1. The van der Waals surface area contributed by atoms with Crippen LogP contribution in [0.5, 0.6) is 11.5 Å². The predicted octanol–water partition coefficient (Wildman–Crippen LogP) is -0.756. The second kappa shape index (κ2) is 4.99. The number of benzene rings is 1. The summed E-state index contributed by atoms with van der Waals surface area (Å²) < 4.78 is 0. The molecular weight excluding hydrogens is 216 g/mol. The van der Waals surface area contributed by atoms with Crippen LogP contribution in [0.4, 0.5) is 0 Å².